The summed E-state index contributed by atoms with van der Waals surface area (Å²) in [5.41, 5.74) is 3.72. The van der Waals surface area contributed by atoms with Gasteiger partial charge in [-0.05, 0) is 24.3 Å². The molecule has 104 valence electrons. The van der Waals surface area contributed by atoms with E-state index in [1.165, 1.54) is 17.1 Å². The zero-order valence-corrected chi connectivity index (χ0v) is 11.8. The van der Waals surface area contributed by atoms with Gasteiger partial charge >= 0.3 is 0 Å². The Balaban J connectivity index is 1.93. The Labute approximate surface area is 120 Å². The minimum absolute atomic E-state index is 0.809. The van der Waals surface area contributed by atoms with E-state index in [0.717, 1.165) is 26.3 Å². The number of anilines is 3. The van der Waals surface area contributed by atoms with Crippen LogP contribution >= 0.6 is 0 Å². The summed E-state index contributed by atoms with van der Waals surface area (Å²) >= 11 is 0. The molecule has 0 amide bonds. The highest BCUT2D eigenvalue weighted by Gasteiger charge is 2.16. The van der Waals surface area contributed by atoms with Crippen molar-refractivity contribution in [3.8, 4) is 0 Å². The second-order valence-corrected chi connectivity index (χ2v) is 4.98. The minimum Gasteiger partial charge on any atom is -0.378 e. The first-order chi connectivity index (χ1) is 9.86. The van der Waals surface area contributed by atoms with E-state index in [9.17, 15) is 0 Å². The van der Waals surface area contributed by atoms with E-state index in [1.807, 2.05) is 6.07 Å². The van der Waals surface area contributed by atoms with E-state index >= 15 is 0 Å². The van der Waals surface area contributed by atoms with Gasteiger partial charge in [-0.1, -0.05) is 30.3 Å². The first kappa shape index (κ1) is 13.0. The van der Waals surface area contributed by atoms with Crippen LogP contribution in [0.4, 0.5) is 17.1 Å². The summed E-state index contributed by atoms with van der Waals surface area (Å²) in [7, 11) is 2.12. The van der Waals surface area contributed by atoms with E-state index in [1.54, 1.807) is 0 Å². The fourth-order valence-electron chi connectivity index (χ4n) is 2.61. The highest BCUT2D eigenvalue weighted by Crippen LogP contribution is 2.33. The van der Waals surface area contributed by atoms with Gasteiger partial charge < -0.3 is 14.5 Å². The largest absolute Gasteiger partial charge is 0.378 e. The van der Waals surface area contributed by atoms with Gasteiger partial charge in [-0.2, -0.15) is 0 Å². The average Bonchev–Trinajstić information content (AvgIpc) is 2.56. The van der Waals surface area contributed by atoms with Crippen LogP contribution in [0.3, 0.4) is 0 Å². The van der Waals surface area contributed by atoms with E-state index in [4.69, 9.17) is 4.74 Å². The van der Waals surface area contributed by atoms with Crippen molar-refractivity contribution in [1.29, 1.82) is 0 Å². The summed E-state index contributed by atoms with van der Waals surface area (Å²) < 4.78 is 5.45. The lowest BCUT2D eigenvalue weighted by atomic mass is 10.2. The van der Waals surface area contributed by atoms with Crippen LogP contribution in [0.5, 0.6) is 0 Å². The monoisotopic (exact) mass is 268 g/mol. The van der Waals surface area contributed by atoms with Crippen LogP contribution in [-0.4, -0.2) is 33.4 Å². The third-order valence-electron chi connectivity index (χ3n) is 3.74. The predicted molar refractivity (Wildman–Crippen MR) is 84.0 cm³/mol. The molecule has 0 aromatic heterocycles. The standard InChI is InChI=1S/C17H20N2O/c1-18(15-7-3-2-4-8-15)16-9-5-6-10-17(16)19-11-13-20-14-12-19/h2-10H,11-14H2,1H3. The fourth-order valence-corrected chi connectivity index (χ4v) is 2.61. The summed E-state index contributed by atoms with van der Waals surface area (Å²) in [5, 5.41) is 0. The maximum atomic E-state index is 5.45. The number of hydrogen-bond acceptors (Lipinski definition) is 3. The fraction of sp³-hybridized carbons (Fsp3) is 0.294. The molecule has 0 spiro atoms. The molecule has 1 heterocycles. The molecule has 3 rings (SSSR count). The van der Waals surface area contributed by atoms with E-state index in [2.05, 4.69) is 65.4 Å². The van der Waals surface area contributed by atoms with Crippen molar-refractivity contribution in [2.45, 2.75) is 0 Å². The molecule has 0 radical (unpaired) electrons. The third-order valence-corrected chi connectivity index (χ3v) is 3.74. The molecular weight excluding hydrogens is 248 g/mol. The van der Waals surface area contributed by atoms with E-state index in [-0.39, 0.29) is 0 Å². The average molecular weight is 268 g/mol. The van der Waals surface area contributed by atoms with Gasteiger partial charge in [0.25, 0.3) is 0 Å². The summed E-state index contributed by atoms with van der Waals surface area (Å²) in [4.78, 5) is 4.64. The highest BCUT2D eigenvalue weighted by molar-refractivity contribution is 5.76. The van der Waals surface area contributed by atoms with Crippen molar-refractivity contribution in [3.63, 3.8) is 0 Å². The molecule has 2 aromatic carbocycles. The van der Waals surface area contributed by atoms with Gasteiger partial charge in [0.05, 0.1) is 24.6 Å². The smallest absolute Gasteiger partial charge is 0.0645 e. The van der Waals surface area contributed by atoms with Crippen molar-refractivity contribution < 1.29 is 4.74 Å². The molecule has 0 atom stereocenters. The lowest BCUT2D eigenvalue weighted by molar-refractivity contribution is 0.123. The maximum absolute atomic E-state index is 5.45. The first-order valence-corrected chi connectivity index (χ1v) is 7.07. The molecule has 0 aliphatic carbocycles. The van der Waals surface area contributed by atoms with Crippen LogP contribution in [0, 0.1) is 0 Å². The molecule has 3 heteroatoms. The Morgan fingerprint density at radius 1 is 0.900 bits per heavy atom. The van der Waals surface area contributed by atoms with Crippen LogP contribution in [0.15, 0.2) is 54.6 Å². The zero-order valence-electron chi connectivity index (χ0n) is 11.8. The Hall–Kier alpha value is -2.00. The van der Waals surface area contributed by atoms with Crippen LogP contribution < -0.4 is 9.80 Å². The Bertz CT molecular complexity index is 550. The molecule has 3 nitrogen and oxygen atoms in total. The van der Waals surface area contributed by atoms with Crippen LogP contribution in [-0.2, 0) is 4.74 Å². The van der Waals surface area contributed by atoms with E-state index < -0.39 is 0 Å². The Morgan fingerprint density at radius 2 is 1.55 bits per heavy atom. The van der Waals surface area contributed by atoms with E-state index in [0.29, 0.717) is 0 Å². The number of morpholine rings is 1. The minimum atomic E-state index is 0.809. The second-order valence-electron chi connectivity index (χ2n) is 4.98. The van der Waals surface area contributed by atoms with Gasteiger partial charge in [0.1, 0.15) is 0 Å². The van der Waals surface area contributed by atoms with Crippen molar-refractivity contribution in [1.82, 2.24) is 0 Å². The molecular formula is C17H20N2O. The number of para-hydroxylation sites is 3. The van der Waals surface area contributed by atoms with Crippen LogP contribution in [0.2, 0.25) is 0 Å². The van der Waals surface area contributed by atoms with Gasteiger partial charge in [0.15, 0.2) is 0 Å². The summed E-state index contributed by atoms with van der Waals surface area (Å²) in [6.45, 7) is 3.53. The number of ether oxygens (including phenoxy) is 1. The van der Waals surface area contributed by atoms with Crippen molar-refractivity contribution in [2.75, 3.05) is 43.2 Å². The highest BCUT2D eigenvalue weighted by atomic mass is 16.5. The molecule has 0 bridgehead atoms. The van der Waals surface area contributed by atoms with Gasteiger partial charge in [0.2, 0.25) is 0 Å². The molecule has 1 fully saturated rings. The van der Waals surface area contributed by atoms with Crippen molar-refractivity contribution in [2.24, 2.45) is 0 Å². The van der Waals surface area contributed by atoms with Gasteiger partial charge in [-0.25, -0.2) is 0 Å². The number of benzene rings is 2. The first-order valence-electron chi connectivity index (χ1n) is 7.07. The molecule has 2 aromatic rings. The molecule has 1 saturated heterocycles. The topological polar surface area (TPSA) is 15.7 Å². The van der Waals surface area contributed by atoms with Crippen molar-refractivity contribution in [3.05, 3.63) is 54.6 Å². The lowest BCUT2D eigenvalue weighted by Crippen LogP contribution is -2.37. The van der Waals surface area contributed by atoms with Crippen molar-refractivity contribution >= 4 is 17.1 Å². The second kappa shape index (κ2) is 5.97. The molecule has 0 saturated carbocycles. The quantitative estimate of drug-likeness (QED) is 0.849. The van der Waals surface area contributed by atoms with Crippen LogP contribution in [0.1, 0.15) is 0 Å². The summed E-state index contributed by atoms with van der Waals surface area (Å²) in [5.74, 6) is 0. The van der Waals surface area contributed by atoms with Gasteiger partial charge in [-0.15, -0.1) is 0 Å². The van der Waals surface area contributed by atoms with Gasteiger partial charge in [0, 0.05) is 25.8 Å². The molecule has 0 unspecified atom stereocenters. The van der Waals surface area contributed by atoms with Gasteiger partial charge in [-0.3, -0.25) is 0 Å². The normalized spacial score (nSPS) is 15.2. The number of hydrogen-bond donors (Lipinski definition) is 0. The SMILES string of the molecule is CN(c1ccccc1)c1ccccc1N1CCOCC1. The summed E-state index contributed by atoms with van der Waals surface area (Å²) in [6, 6.07) is 19.0. The molecule has 0 N–H and O–H groups in total. The lowest BCUT2D eigenvalue weighted by Gasteiger charge is -2.33. The zero-order chi connectivity index (χ0) is 13.8. The summed E-state index contributed by atoms with van der Waals surface area (Å²) in [6.07, 6.45) is 0. The Morgan fingerprint density at radius 3 is 2.30 bits per heavy atom. The number of rotatable bonds is 3. The molecule has 1 aliphatic rings. The maximum Gasteiger partial charge on any atom is 0.0645 e. The number of nitrogens with zero attached hydrogens (tertiary/aromatic N) is 2. The molecule has 1 aliphatic heterocycles. The van der Waals surface area contributed by atoms with Crippen LogP contribution in [0.25, 0.3) is 0 Å². The predicted octanol–water partition coefficient (Wildman–Crippen LogP) is 3.29. The Kier molecular flexibility index (Phi) is 3.88. The third kappa shape index (κ3) is 2.63. The molecule has 20 heavy (non-hydrogen) atoms.